The van der Waals surface area contributed by atoms with Crippen LogP contribution in [0.3, 0.4) is 0 Å². The van der Waals surface area contributed by atoms with Crippen molar-refractivity contribution < 1.29 is 0 Å². The van der Waals surface area contributed by atoms with Gasteiger partial charge in [-0.25, -0.2) is 0 Å². The quantitative estimate of drug-likeness (QED) is 0.769. The van der Waals surface area contributed by atoms with Crippen molar-refractivity contribution in [2.75, 3.05) is 0 Å². The fourth-order valence-corrected chi connectivity index (χ4v) is 1.56. The van der Waals surface area contributed by atoms with Gasteiger partial charge in [0.15, 0.2) is 0 Å². The van der Waals surface area contributed by atoms with E-state index in [1.165, 1.54) is 0 Å². The van der Waals surface area contributed by atoms with E-state index in [1.807, 2.05) is 43.4 Å². The van der Waals surface area contributed by atoms with Gasteiger partial charge < -0.3 is 0 Å². The summed E-state index contributed by atoms with van der Waals surface area (Å²) in [6, 6.07) is 8.09. The number of allylic oxidation sites excluding steroid dienone is 4. The smallest absolute Gasteiger partial charge is 0.0927 e. The second-order valence-corrected chi connectivity index (χ2v) is 3.63. The lowest BCUT2D eigenvalue weighted by Gasteiger charge is -1.90. The normalized spacial score (nSPS) is 12.4. The molecule has 0 spiro atoms. The summed E-state index contributed by atoms with van der Waals surface area (Å²) in [5, 5.41) is 8.41. The van der Waals surface area contributed by atoms with Crippen molar-refractivity contribution in [2.24, 2.45) is 0 Å². The van der Waals surface area contributed by atoms with Gasteiger partial charge in [-0.15, -0.1) is 0 Å². The van der Waals surface area contributed by atoms with Crippen LogP contribution in [-0.2, 0) is 0 Å². The summed E-state index contributed by atoms with van der Waals surface area (Å²) in [7, 11) is 0. The van der Waals surface area contributed by atoms with Gasteiger partial charge in [-0.1, -0.05) is 48.6 Å². The van der Waals surface area contributed by atoms with E-state index in [2.05, 4.69) is 22.8 Å². The van der Waals surface area contributed by atoms with Crippen LogP contribution in [0.1, 0.15) is 12.6 Å². The molecule has 2 heteroatoms. The first-order valence-electron chi connectivity index (χ1n) is 5.22. The molecule has 1 aromatic heterocycles. The van der Waals surface area contributed by atoms with E-state index in [9.17, 15) is 0 Å². The van der Waals surface area contributed by atoms with Gasteiger partial charge in [0.2, 0.25) is 0 Å². The Morgan fingerprint density at radius 2 is 2.19 bits per heavy atom. The molecule has 0 unspecified atom stereocenters. The highest BCUT2D eigenvalue weighted by molar-refractivity contribution is 5.86. The number of para-hydroxylation sites is 1. The number of aromatic nitrogens is 2. The molecule has 16 heavy (non-hydrogen) atoms. The van der Waals surface area contributed by atoms with E-state index in [1.54, 1.807) is 6.08 Å². The van der Waals surface area contributed by atoms with Crippen molar-refractivity contribution in [1.82, 2.24) is 10.2 Å². The number of nitrogens with one attached hydrogen (secondary N) is 1. The summed E-state index contributed by atoms with van der Waals surface area (Å²) in [6.45, 7) is 5.70. The van der Waals surface area contributed by atoms with Crippen LogP contribution in [0.2, 0.25) is 0 Å². The Hall–Kier alpha value is -2.09. The zero-order valence-corrected chi connectivity index (χ0v) is 9.27. The molecule has 0 bridgehead atoms. The minimum Gasteiger partial charge on any atom is -0.277 e. The van der Waals surface area contributed by atoms with E-state index >= 15 is 0 Å². The highest BCUT2D eigenvalue weighted by Gasteiger charge is 1.99. The minimum absolute atomic E-state index is 0.965. The molecule has 0 aliphatic heterocycles. The zero-order valence-electron chi connectivity index (χ0n) is 9.27. The largest absolute Gasteiger partial charge is 0.277 e. The molecule has 0 atom stereocenters. The SMILES string of the molecule is C=C/C=C(C)/C=C/c1n[nH]c2ccccc12. The van der Waals surface area contributed by atoms with E-state index in [0.29, 0.717) is 0 Å². The van der Waals surface area contributed by atoms with E-state index in [0.717, 1.165) is 22.2 Å². The molecule has 1 heterocycles. The molecule has 1 aromatic carbocycles. The Balaban J connectivity index is 2.35. The number of nitrogens with zero attached hydrogens (tertiary/aromatic N) is 1. The Labute approximate surface area is 95.0 Å². The predicted octanol–water partition coefficient (Wildman–Crippen LogP) is 3.71. The lowest BCUT2D eigenvalue weighted by Crippen LogP contribution is -1.73. The Morgan fingerprint density at radius 3 is 3.00 bits per heavy atom. The molecule has 0 aliphatic rings. The van der Waals surface area contributed by atoms with Crippen molar-refractivity contribution in [3.8, 4) is 0 Å². The van der Waals surface area contributed by atoms with Gasteiger partial charge in [-0.3, -0.25) is 5.10 Å². The highest BCUT2D eigenvalue weighted by Crippen LogP contribution is 2.16. The molecule has 0 amide bonds. The summed E-state index contributed by atoms with van der Waals surface area (Å²) < 4.78 is 0. The molecule has 0 fully saturated rings. The van der Waals surface area contributed by atoms with Gasteiger partial charge >= 0.3 is 0 Å². The zero-order chi connectivity index (χ0) is 11.4. The molecule has 80 valence electrons. The number of H-pyrrole nitrogens is 1. The van der Waals surface area contributed by atoms with Crippen LogP contribution in [-0.4, -0.2) is 10.2 Å². The number of rotatable bonds is 3. The highest BCUT2D eigenvalue weighted by atomic mass is 15.1. The molecule has 2 nitrogen and oxygen atoms in total. The first-order chi connectivity index (χ1) is 7.81. The fraction of sp³-hybridized carbons (Fsp3) is 0.0714. The second kappa shape index (κ2) is 4.62. The van der Waals surface area contributed by atoms with Crippen LogP contribution in [0.5, 0.6) is 0 Å². The third kappa shape index (κ3) is 2.11. The van der Waals surface area contributed by atoms with Crippen LogP contribution in [0, 0.1) is 0 Å². The van der Waals surface area contributed by atoms with Gasteiger partial charge in [0.05, 0.1) is 11.2 Å². The van der Waals surface area contributed by atoms with Crippen LogP contribution in [0.15, 0.2) is 54.6 Å². The third-order valence-electron chi connectivity index (χ3n) is 2.38. The summed E-state index contributed by atoms with van der Waals surface area (Å²) in [4.78, 5) is 0. The van der Waals surface area contributed by atoms with E-state index in [-0.39, 0.29) is 0 Å². The fourth-order valence-electron chi connectivity index (χ4n) is 1.56. The molecule has 0 saturated heterocycles. The summed E-state index contributed by atoms with van der Waals surface area (Å²) in [5.41, 5.74) is 3.18. The van der Waals surface area contributed by atoms with Gasteiger partial charge in [0.1, 0.15) is 0 Å². The number of benzene rings is 1. The molecular weight excluding hydrogens is 196 g/mol. The van der Waals surface area contributed by atoms with Crippen LogP contribution < -0.4 is 0 Å². The van der Waals surface area contributed by atoms with Crippen molar-refractivity contribution >= 4 is 17.0 Å². The van der Waals surface area contributed by atoms with Crippen molar-refractivity contribution in [2.45, 2.75) is 6.92 Å². The Morgan fingerprint density at radius 1 is 1.38 bits per heavy atom. The van der Waals surface area contributed by atoms with Gasteiger partial charge in [0, 0.05) is 5.39 Å². The molecule has 0 aliphatic carbocycles. The molecule has 2 rings (SSSR count). The van der Waals surface area contributed by atoms with E-state index < -0.39 is 0 Å². The summed E-state index contributed by atoms with van der Waals surface area (Å²) >= 11 is 0. The number of fused-ring (bicyclic) bond motifs is 1. The average Bonchev–Trinajstić information content (AvgIpc) is 2.70. The molecule has 1 N–H and O–H groups in total. The van der Waals surface area contributed by atoms with Gasteiger partial charge in [-0.2, -0.15) is 5.10 Å². The average molecular weight is 210 g/mol. The van der Waals surface area contributed by atoms with Gasteiger partial charge in [-0.05, 0) is 19.1 Å². The van der Waals surface area contributed by atoms with Crippen molar-refractivity contribution in [3.63, 3.8) is 0 Å². The summed E-state index contributed by atoms with van der Waals surface area (Å²) in [5.74, 6) is 0. The first-order valence-corrected chi connectivity index (χ1v) is 5.22. The van der Waals surface area contributed by atoms with Crippen LogP contribution >= 0.6 is 0 Å². The van der Waals surface area contributed by atoms with Crippen molar-refractivity contribution in [3.05, 3.63) is 60.3 Å². The van der Waals surface area contributed by atoms with Crippen LogP contribution in [0.4, 0.5) is 0 Å². The van der Waals surface area contributed by atoms with Crippen LogP contribution in [0.25, 0.3) is 17.0 Å². The third-order valence-corrected chi connectivity index (χ3v) is 2.38. The molecular formula is C14H14N2. The van der Waals surface area contributed by atoms with Crippen molar-refractivity contribution in [1.29, 1.82) is 0 Å². The Bertz CT molecular complexity index is 559. The lowest BCUT2D eigenvalue weighted by atomic mass is 10.2. The molecule has 0 saturated carbocycles. The maximum atomic E-state index is 4.26. The number of aromatic amines is 1. The minimum atomic E-state index is 0.965. The lowest BCUT2D eigenvalue weighted by molar-refractivity contribution is 1.11. The topological polar surface area (TPSA) is 28.7 Å². The summed E-state index contributed by atoms with van der Waals surface area (Å²) in [6.07, 6.45) is 7.78. The standard InChI is InChI=1S/C14H14N2/c1-3-6-11(2)9-10-14-12-7-4-5-8-13(12)15-16-14/h3-10H,1H2,2H3,(H,15,16)/b10-9+,11-6+. The molecule has 0 radical (unpaired) electrons. The van der Waals surface area contributed by atoms with E-state index in [4.69, 9.17) is 0 Å². The van der Waals surface area contributed by atoms with Gasteiger partial charge in [0.25, 0.3) is 0 Å². The number of hydrogen-bond donors (Lipinski definition) is 1. The Kier molecular flexibility index (Phi) is 3.01. The maximum absolute atomic E-state index is 4.26. The monoisotopic (exact) mass is 210 g/mol. The first kappa shape index (κ1) is 10.4. The molecule has 2 aromatic rings. The number of hydrogen-bond acceptors (Lipinski definition) is 1. The predicted molar refractivity (Wildman–Crippen MR) is 69.1 cm³/mol. The second-order valence-electron chi connectivity index (χ2n) is 3.63. The maximum Gasteiger partial charge on any atom is 0.0927 e.